The molecule has 0 spiro atoms. The molecule has 0 heterocycles. The molecule has 0 aliphatic rings. The van der Waals surface area contributed by atoms with Crippen LogP contribution in [0.1, 0.15) is 12.5 Å². The molecule has 0 bridgehead atoms. The second-order valence-corrected chi connectivity index (χ2v) is 7.06. The molecule has 3 nitrogen and oxygen atoms in total. The smallest absolute Gasteiger partial charge is 0.267 e. The average molecular weight is 382 g/mol. The van der Waals surface area contributed by atoms with Gasteiger partial charge in [0.25, 0.3) is 10.0 Å². The Morgan fingerprint density at radius 2 is 1.67 bits per heavy atom. The van der Waals surface area contributed by atoms with Crippen LogP contribution >= 0.6 is 11.6 Å². The Labute approximate surface area is 141 Å². The molecule has 0 atom stereocenters. The van der Waals surface area contributed by atoms with Gasteiger partial charge in [-0.3, -0.25) is 4.31 Å². The number of alkyl halides is 3. The standard InChI is InChI=1S/C15H12ClF4NO2S/c1-2-21(24(22,23)12-6-3-10(17)4-7-12)11-5-8-14(16)13(9-11)15(18,19)20/h3-9H,2H2,1H3. The molecule has 0 N–H and O–H groups in total. The van der Waals surface area contributed by atoms with Crippen LogP contribution in [0, 0.1) is 5.82 Å². The number of rotatable bonds is 4. The van der Waals surface area contributed by atoms with E-state index < -0.39 is 32.6 Å². The molecule has 0 radical (unpaired) electrons. The van der Waals surface area contributed by atoms with Gasteiger partial charge in [0, 0.05) is 6.54 Å². The van der Waals surface area contributed by atoms with Gasteiger partial charge in [0.2, 0.25) is 0 Å². The molecule has 0 saturated heterocycles. The normalized spacial score (nSPS) is 12.2. The second-order valence-electron chi connectivity index (χ2n) is 4.79. The van der Waals surface area contributed by atoms with Crippen molar-refractivity contribution in [2.75, 3.05) is 10.8 Å². The van der Waals surface area contributed by atoms with E-state index >= 15 is 0 Å². The highest BCUT2D eigenvalue weighted by Gasteiger charge is 2.34. The van der Waals surface area contributed by atoms with Crippen molar-refractivity contribution in [1.82, 2.24) is 0 Å². The van der Waals surface area contributed by atoms with Gasteiger partial charge in [0.05, 0.1) is 21.2 Å². The fourth-order valence-electron chi connectivity index (χ4n) is 2.11. The minimum atomic E-state index is -4.72. The third-order valence-electron chi connectivity index (χ3n) is 3.23. The Bertz CT molecular complexity index is 836. The molecule has 0 fully saturated rings. The molecule has 2 rings (SSSR count). The third-order valence-corrected chi connectivity index (χ3v) is 5.48. The van der Waals surface area contributed by atoms with Crippen LogP contribution in [0.4, 0.5) is 23.2 Å². The van der Waals surface area contributed by atoms with Crippen molar-refractivity contribution >= 4 is 27.3 Å². The molecule has 130 valence electrons. The zero-order valence-corrected chi connectivity index (χ0v) is 13.9. The van der Waals surface area contributed by atoms with Crippen molar-refractivity contribution in [3.63, 3.8) is 0 Å². The number of halogens is 5. The summed E-state index contributed by atoms with van der Waals surface area (Å²) in [5.41, 5.74) is -1.31. The fraction of sp³-hybridized carbons (Fsp3) is 0.200. The molecule has 0 aromatic heterocycles. The van der Waals surface area contributed by atoms with E-state index in [9.17, 15) is 26.0 Å². The van der Waals surface area contributed by atoms with Gasteiger partial charge in [0.1, 0.15) is 5.82 Å². The van der Waals surface area contributed by atoms with E-state index in [4.69, 9.17) is 11.6 Å². The van der Waals surface area contributed by atoms with Crippen LogP contribution in [0.25, 0.3) is 0 Å². The van der Waals surface area contributed by atoms with Crippen molar-refractivity contribution in [2.45, 2.75) is 18.0 Å². The lowest BCUT2D eigenvalue weighted by atomic mass is 10.2. The first kappa shape index (κ1) is 18.5. The number of hydrogen-bond donors (Lipinski definition) is 0. The highest BCUT2D eigenvalue weighted by molar-refractivity contribution is 7.92. The van der Waals surface area contributed by atoms with E-state index in [1.165, 1.54) is 13.0 Å². The maximum Gasteiger partial charge on any atom is 0.417 e. The van der Waals surface area contributed by atoms with Crippen molar-refractivity contribution in [1.29, 1.82) is 0 Å². The predicted octanol–water partition coefficient (Wildman–Crippen LogP) is 4.71. The number of hydrogen-bond acceptors (Lipinski definition) is 2. The predicted molar refractivity (Wildman–Crippen MR) is 83.1 cm³/mol. The molecule has 9 heteroatoms. The summed E-state index contributed by atoms with van der Waals surface area (Å²) in [5.74, 6) is -0.622. The van der Waals surface area contributed by atoms with Crippen molar-refractivity contribution in [3.05, 3.63) is 58.9 Å². The Hall–Kier alpha value is -1.80. The summed E-state index contributed by atoms with van der Waals surface area (Å²) < 4.78 is 77.9. The first-order chi connectivity index (χ1) is 11.1. The van der Waals surface area contributed by atoms with Gasteiger partial charge >= 0.3 is 6.18 Å². The van der Waals surface area contributed by atoms with Crippen LogP contribution in [-0.2, 0) is 16.2 Å². The van der Waals surface area contributed by atoms with E-state index in [-0.39, 0.29) is 17.1 Å². The van der Waals surface area contributed by atoms with Crippen LogP contribution in [0.3, 0.4) is 0 Å². The number of nitrogens with zero attached hydrogens (tertiary/aromatic N) is 1. The van der Waals surface area contributed by atoms with Crippen LogP contribution in [0.2, 0.25) is 5.02 Å². The maximum absolute atomic E-state index is 13.0. The van der Waals surface area contributed by atoms with E-state index in [1.807, 2.05) is 0 Å². The van der Waals surface area contributed by atoms with E-state index in [1.54, 1.807) is 0 Å². The Balaban J connectivity index is 2.54. The van der Waals surface area contributed by atoms with E-state index in [2.05, 4.69) is 0 Å². The van der Waals surface area contributed by atoms with Crippen LogP contribution < -0.4 is 4.31 Å². The SMILES string of the molecule is CCN(c1ccc(Cl)c(C(F)(F)F)c1)S(=O)(=O)c1ccc(F)cc1. The molecular formula is C15H12ClF4NO2S. The van der Waals surface area contributed by atoms with Gasteiger partial charge in [0.15, 0.2) is 0 Å². The molecule has 0 aliphatic carbocycles. The van der Waals surface area contributed by atoms with Crippen LogP contribution in [0.5, 0.6) is 0 Å². The first-order valence-electron chi connectivity index (χ1n) is 6.72. The quantitative estimate of drug-likeness (QED) is 0.719. The van der Waals surface area contributed by atoms with Gasteiger partial charge in [-0.05, 0) is 49.4 Å². The lowest BCUT2D eigenvalue weighted by Crippen LogP contribution is -2.31. The van der Waals surface area contributed by atoms with Crippen LogP contribution in [-0.4, -0.2) is 15.0 Å². The zero-order chi connectivity index (χ0) is 18.1. The highest BCUT2D eigenvalue weighted by atomic mass is 35.5. The lowest BCUT2D eigenvalue weighted by molar-refractivity contribution is -0.137. The molecular weight excluding hydrogens is 370 g/mol. The topological polar surface area (TPSA) is 37.4 Å². The number of sulfonamides is 1. The van der Waals surface area contributed by atoms with Gasteiger partial charge in [-0.2, -0.15) is 13.2 Å². The largest absolute Gasteiger partial charge is 0.417 e. The summed E-state index contributed by atoms with van der Waals surface area (Å²) in [5, 5.41) is -0.526. The molecule has 0 unspecified atom stereocenters. The lowest BCUT2D eigenvalue weighted by Gasteiger charge is -2.24. The Morgan fingerprint density at radius 1 is 1.08 bits per heavy atom. The monoisotopic (exact) mass is 381 g/mol. The summed E-state index contributed by atoms with van der Waals surface area (Å²) in [4.78, 5) is -0.228. The van der Waals surface area contributed by atoms with E-state index in [0.717, 1.165) is 34.6 Å². The molecule has 2 aromatic carbocycles. The summed E-state index contributed by atoms with van der Waals surface area (Å²) in [6.45, 7) is 1.36. The Morgan fingerprint density at radius 3 is 2.17 bits per heavy atom. The fourth-order valence-corrected chi connectivity index (χ4v) is 3.80. The summed E-state index contributed by atoms with van der Waals surface area (Å²) in [7, 11) is -4.14. The van der Waals surface area contributed by atoms with Gasteiger partial charge in [-0.15, -0.1) is 0 Å². The van der Waals surface area contributed by atoms with Crippen molar-refractivity contribution in [3.8, 4) is 0 Å². The summed E-state index contributed by atoms with van der Waals surface area (Å²) in [6, 6.07) is 6.87. The molecule has 0 aliphatic heterocycles. The molecule has 0 saturated carbocycles. The molecule has 0 amide bonds. The average Bonchev–Trinajstić information content (AvgIpc) is 2.48. The van der Waals surface area contributed by atoms with Gasteiger partial charge < -0.3 is 0 Å². The summed E-state index contributed by atoms with van der Waals surface area (Å²) >= 11 is 5.55. The first-order valence-corrected chi connectivity index (χ1v) is 8.54. The zero-order valence-electron chi connectivity index (χ0n) is 12.3. The third kappa shape index (κ3) is 3.64. The summed E-state index contributed by atoms with van der Waals surface area (Å²) in [6.07, 6.45) is -4.72. The van der Waals surface area contributed by atoms with Crippen molar-refractivity contribution in [2.24, 2.45) is 0 Å². The molecule has 24 heavy (non-hydrogen) atoms. The number of anilines is 1. The molecule has 2 aromatic rings. The second kappa shape index (κ2) is 6.60. The van der Waals surface area contributed by atoms with Gasteiger partial charge in [-0.1, -0.05) is 11.6 Å². The van der Waals surface area contributed by atoms with Crippen molar-refractivity contribution < 1.29 is 26.0 Å². The maximum atomic E-state index is 13.0. The Kier molecular flexibility index (Phi) is 5.10. The van der Waals surface area contributed by atoms with E-state index in [0.29, 0.717) is 6.07 Å². The minimum Gasteiger partial charge on any atom is -0.267 e. The van der Waals surface area contributed by atoms with Gasteiger partial charge in [-0.25, -0.2) is 12.8 Å². The highest BCUT2D eigenvalue weighted by Crippen LogP contribution is 2.37. The van der Waals surface area contributed by atoms with Crippen LogP contribution in [0.15, 0.2) is 47.4 Å². The number of benzene rings is 2. The minimum absolute atomic E-state index is 0.112.